The number of nitrogens with one attached hydrogen (secondary N) is 1. The number of piperidine rings is 1. The Balaban J connectivity index is 1.62. The number of rotatable bonds is 3. The lowest BCUT2D eigenvalue weighted by Gasteiger charge is -2.30. The molecule has 1 aromatic rings. The van der Waals surface area contributed by atoms with Crippen LogP contribution in [0.3, 0.4) is 0 Å². The van der Waals surface area contributed by atoms with Crippen LogP contribution in [0.25, 0.3) is 0 Å². The molecule has 0 radical (unpaired) electrons. The van der Waals surface area contributed by atoms with E-state index < -0.39 is 0 Å². The summed E-state index contributed by atoms with van der Waals surface area (Å²) in [5.41, 5.74) is 4.45. The van der Waals surface area contributed by atoms with Crippen LogP contribution < -0.4 is 5.32 Å². The quantitative estimate of drug-likeness (QED) is 0.913. The van der Waals surface area contributed by atoms with Crippen molar-refractivity contribution in [1.82, 2.24) is 10.2 Å². The van der Waals surface area contributed by atoms with E-state index in [0.717, 1.165) is 58.4 Å². The molecule has 1 N–H and O–H groups in total. The van der Waals surface area contributed by atoms with E-state index in [2.05, 4.69) is 28.4 Å². The zero-order valence-corrected chi connectivity index (χ0v) is 12.2. The maximum Gasteiger partial charge on any atom is 0.0923 e. The molecule has 1 aromatic carbocycles. The molecule has 0 aromatic heterocycles. The maximum absolute atomic E-state index is 12.6. The summed E-state index contributed by atoms with van der Waals surface area (Å²) in [4.78, 5) is 2.48. The van der Waals surface area contributed by atoms with Gasteiger partial charge in [-0.05, 0) is 74.5 Å². The minimum Gasteiger partial charge on any atom is -0.316 e. The molecule has 0 spiro atoms. The van der Waals surface area contributed by atoms with Gasteiger partial charge in [0.2, 0.25) is 0 Å². The third-order valence-corrected chi connectivity index (χ3v) is 4.74. The molecule has 2 aliphatic heterocycles. The molecular formula is C17H25FN2. The first-order valence-electron chi connectivity index (χ1n) is 7.95. The van der Waals surface area contributed by atoms with Crippen LogP contribution >= 0.6 is 0 Å². The first kappa shape index (κ1) is 14.0. The van der Waals surface area contributed by atoms with Gasteiger partial charge >= 0.3 is 0 Å². The lowest BCUT2D eigenvalue weighted by Crippen LogP contribution is -2.33. The summed E-state index contributed by atoms with van der Waals surface area (Å²) in [5.74, 6) is 0.310. The summed E-state index contributed by atoms with van der Waals surface area (Å²) in [6.07, 6.45) is 4.33. The van der Waals surface area contributed by atoms with Gasteiger partial charge in [0.05, 0.1) is 6.67 Å². The topological polar surface area (TPSA) is 15.3 Å². The summed E-state index contributed by atoms with van der Waals surface area (Å²) in [7, 11) is 0. The number of alkyl halides is 1. The predicted molar refractivity (Wildman–Crippen MR) is 80.7 cm³/mol. The Morgan fingerprint density at radius 1 is 1.10 bits per heavy atom. The highest BCUT2D eigenvalue weighted by Crippen LogP contribution is 2.21. The molecule has 3 rings (SSSR count). The van der Waals surface area contributed by atoms with Crippen LogP contribution in [0, 0.1) is 5.92 Å². The van der Waals surface area contributed by atoms with Gasteiger partial charge in [0.15, 0.2) is 0 Å². The van der Waals surface area contributed by atoms with Gasteiger partial charge in [0, 0.05) is 6.54 Å². The predicted octanol–water partition coefficient (Wildman–Crippen LogP) is 2.56. The molecular weight excluding hydrogens is 251 g/mol. The molecule has 2 nitrogen and oxygen atoms in total. The fourth-order valence-corrected chi connectivity index (χ4v) is 3.38. The van der Waals surface area contributed by atoms with Gasteiger partial charge in [-0.3, -0.25) is 9.29 Å². The maximum atomic E-state index is 12.6. The number of hydrogen-bond acceptors (Lipinski definition) is 2. The van der Waals surface area contributed by atoms with Gasteiger partial charge in [-0.25, -0.2) is 0 Å². The van der Waals surface area contributed by atoms with Gasteiger partial charge in [-0.2, -0.15) is 0 Å². The Morgan fingerprint density at radius 2 is 1.85 bits per heavy atom. The molecule has 1 saturated heterocycles. The smallest absolute Gasteiger partial charge is 0.0923 e. The lowest BCUT2D eigenvalue weighted by molar-refractivity contribution is 0.159. The van der Waals surface area contributed by atoms with E-state index in [9.17, 15) is 4.39 Å². The summed E-state index contributed by atoms with van der Waals surface area (Å²) in [6.45, 7) is 5.18. The van der Waals surface area contributed by atoms with E-state index in [4.69, 9.17) is 0 Å². The van der Waals surface area contributed by atoms with Gasteiger partial charge in [0.1, 0.15) is 0 Å². The molecule has 0 atom stereocenters. The Labute approximate surface area is 121 Å². The Morgan fingerprint density at radius 3 is 2.60 bits per heavy atom. The van der Waals surface area contributed by atoms with Gasteiger partial charge in [-0.1, -0.05) is 18.2 Å². The van der Waals surface area contributed by atoms with Crippen LogP contribution in [0.4, 0.5) is 4.39 Å². The standard InChI is InChI=1S/C17H25FN2/c18-12-14-5-9-20(10-6-14)13-15-1-2-16-3-7-19-8-4-17(16)11-15/h1-2,11,14,19H,3-10,12-13H2. The molecule has 0 amide bonds. The average Bonchev–Trinajstić information content (AvgIpc) is 2.73. The number of nitrogens with zero attached hydrogens (tertiary/aromatic N) is 1. The lowest BCUT2D eigenvalue weighted by atomic mass is 9.96. The highest BCUT2D eigenvalue weighted by molar-refractivity contribution is 5.33. The number of hydrogen-bond donors (Lipinski definition) is 1. The minimum absolute atomic E-state index is 0.139. The molecule has 110 valence electrons. The molecule has 2 heterocycles. The SMILES string of the molecule is FCC1CCN(Cc2ccc3c(c2)CCNCC3)CC1. The van der Waals surface area contributed by atoms with Crippen LogP contribution in [-0.2, 0) is 19.4 Å². The largest absolute Gasteiger partial charge is 0.316 e. The molecule has 0 unspecified atom stereocenters. The molecule has 0 aliphatic carbocycles. The number of fused-ring (bicyclic) bond motifs is 1. The van der Waals surface area contributed by atoms with E-state index in [1.165, 1.54) is 16.7 Å². The van der Waals surface area contributed by atoms with Gasteiger partial charge < -0.3 is 5.32 Å². The first-order valence-corrected chi connectivity index (χ1v) is 7.95. The average molecular weight is 276 g/mol. The Kier molecular flexibility index (Phi) is 4.69. The Bertz CT molecular complexity index is 439. The first-order chi connectivity index (χ1) is 9.85. The summed E-state index contributed by atoms with van der Waals surface area (Å²) in [5, 5.41) is 3.46. The van der Waals surface area contributed by atoms with Crippen molar-refractivity contribution in [1.29, 1.82) is 0 Å². The zero-order chi connectivity index (χ0) is 13.8. The van der Waals surface area contributed by atoms with Crippen LogP contribution in [0.2, 0.25) is 0 Å². The minimum atomic E-state index is -0.139. The summed E-state index contributed by atoms with van der Waals surface area (Å²) < 4.78 is 12.6. The zero-order valence-electron chi connectivity index (χ0n) is 12.2. The highest BCUT2D eigenvalue weighted by Gasteiger charge is 2.19. The van der Waals surface area contributed by atoms with E-state index >= 15 is 0 Å². The second kappa shape index (κ2) is 6.68. The fourth-order valence-electron chi connectivity index (χ4n) is 3.38. The molecule has 3 heteroatoms. The van der Waals surface area contributed by atoms with Crippen molar-refractivity contribution in [2.75, 3.05) is 32.9 Å². The normalized spacial score (nSPS) is 21.4. The van der Waals surface area contributed by atoms with Gasteiger partial charge in [0.25, 0.3) is 0 Å². The second-order valence-corrected chi connectivity index (χ2v) is 6.23. The van der Waals surface area contributed by atoms with Crippen LogP contribution in [0.1, 0.15) is 29.5 Å². The van der Waals surface area contributed by atoms with E-state index in [0.29, 0.717) is 5.92 Å². The fraction of sp³-hybridized carbons (Fsp3) is 0.647. The Hall–Kier alpha value is -0.930. The van der Waals surface area contributed by atoms with E-state index in [1.54, 1.807) is 0 Å². The highest BCUT2D eigenvalue weighted by atomic mass is 19.1. The van der Waals surface area contributed by atoms with Crippen molar-refractivity contribution in [3.05, 3.63) is 34.9 Å². The number of likely N-dealkylation sites (tertiary alicyclic amines) is 1. The monoisotopic (exact) mass is 276 g/mol. The van der Waals surface area contributed by atoms with Crippen molar-refractivity contribution in [2.45, 2.75) is 32.2 Å². The van der Waals surface area contributed by atoms with Crippen molar-refractivity contribution in [3.8, 4) is 0 Å². The summed E-state index contributed by atoms with van der Waals surface area (Å²) >= 11 is 0. The van der Waals surface area contributed by atoms with Crippen molar-refractivity contribution in [2.24, 2.45) is 5.92 Å². The molecule has 1 fully saturated rings. The molecule has 0 saturated carbocycles. The molecule has 20 heavy (non-hydrogen) atoms. The van der Waals surface area contributed by atoms with Gasteiger partial charge in [-0.15, -0.1) is 0 Å². The van der Waals surface area contributed by atoms with E-state index in [1.807, 2.05) is 0 Å². The van der Waals surface area contributed by atoms with Crippen LogP contribution in [0.15, 0.2) is 18.2 Å². The van der Waals surface area contributed by atoms with Crippen molar-refractivity contribution >= 4 is 0 Å². The third kappa shape index (κ3) is 3.39. The molecule has 2 aliphatic rings. The summed E-state index contributed by atoms with van der Waals surface area (Å²) in [6, 6.07) is 6.99. The number of halogens is 1. The third-order valence-electron chi connectivity index (χ3n) is 4.74. The van der Waals surface area contributed by atoms with E-state index in [-0.39, 0.29) is 6.67 Å². The van der Waals surface area contributed by atoms with Crippen LogP contribution in [-0.4, -0.2) is 37.8 Å². The van der Waals surface area contributed by atoms with Crippen molar-refractivity contribution in [3.63, 3.8) is 0 Å². The molecule has 0 bridgehead atoms. The second-order valence-electron chi connectivity index (χ2n) is 6.23. The van der Waals surface area contributed by atoms with Crippen molar-refractivity contribution < 1.29 is 4.39 Å². The number of benzene rings is 1. The van der Waals surface area contributed by atoms with Crippen LogP contribution in [0.5, 0.6) is 0 Å².